The van der Waals surface area contributed by atoms with Crippen molar-refractivity contribution in [3.63, 3.8) is 0 Å². The monoisotopic (exact) mass is 378 g/mol. The van der Waals surface area contributed by atoms with E-state index in [1.165, 1.54) is 0 Å². The van der Waals surface area contributed by atoms with Crippen molar-refractivity contribution in [2.24, 2.45) is 5.14 Å². The van der Waals surface area contributed by atoms with Crippen molar-refractivity contribution in [3.05, 3.63) is 30.4 Å². The van der Waals surface area contributed by atoms with Gasteiger partial charge in [0.1, 0.15) is 8.42 Å². The second-order valence-electron chi connectivity index (χ2n) is 5.03. The second-order valence-corrected chi connectivity index (χ2v) is 10.0. The van der Waals surface area contributed by atoms with Crippen molar-refractivity contribution in [1.82, 2.24) is 13.9 Å². The van der Waals surface area contributed by atoms with Crippen molar-refractivity contribution in [2.45, 2.75) is 21.1 Å². The van der Waals surface area contributed by atoms with Crippen LogP contribution in [0, 0.1) is 0 Å². The maximum atomic E-state index is 12.6. The molecule has 1 unspecified atom stereocenters. The van der Waals surface area contributed by atoms with E-state index in [-0.39, 0.29) is 27.1 Å². The summed E-state index contributed by atoms with van der Waals surface area (Å²) in [6, 6.07) is 1.13. The van der Waals surface area contributed by atoms with Gasteiger partial charge in [0, 0.05) is 37.6 Å². The maximum Gasteiger partial charge on any atom is 0.253 e. The molecule has 0 fully saturated rings. The van der Waals surface area contributed by atoms with Crippen molar-refractivity contribution in [3.8, 4) is 0 Å². The molecule has 3 N–H and O–H groups in total. The third-order valence-electron chi connectivity index (χ3n) is 3.46. The Morgan fingerprint density at radius 1 is 1.43 bits per heavy atom. The molecule has 0 saturated heterocycles. The maximum absolute atomic E-state index is 12.6. The van der Waals surface area contributed by atoms with Crippen LogP contribution in [-0.4, -0.2) is 48.9 Å². The lowest BCUT2D eigenvalue weighted by atomic mass is 10.2. The molecule has 0 amide bonds. The first kappa shape index (κ1) is 16.5. The molecular formula is C11H14N4O5S3. The highest BCUT2D eigenvalue weighted by atomic mass is 32.3. The first-order valence-corrected chi connectivity index (χ1v) is 10.3. The number of thiophene rings is 1. The van der Waals surface area contributed by atoms with Crippen LogP contribution in [0.3, 0.4) is 0 Å². The SMILES string of the molecule is NS(=O)(=O)c1cc2c(s1)S(=O)(=O)N(CCn1ccnc1)CC2O. The van der Waals surface area contributed by atoms with E-state index in [9.17, 15) is 21.9 Å². The van der Waals surface area contributed by atoms with Gasteiger partial charge in [-0.2, -0.15) is 4.31 Å². The molecule has 2 aromatic rings. The predicted molar refractivity (Wildman–Crippen MR) is 81.6 cm³/mol. The van der Waals surface area contributed by atoms with E-state index in [0.717, 1.165) is 10.4 Å². The number of rotatable bonds is 4. The van der Waals surface area contributed by atoms with Crippen molar-refractivity contribution in [1.29, 1.82) is 0 Å². The van der Waals surface area contributed by atoms with Gasteiger partial charge in [0.15, 0.2) is 0 Å². The average molecular weight is 378 g/mol. The summed E-state index contributed by atoms with van der Waals surface area (Å²) in [6.07, 6.45) is 3.74. The fourth-order valence-electron chi connectivity index (χ4n) is 2.30. The lowest BCUT2D eigenvalue weighted by molar-refractivity contribution is 0.138. The summed E-state index contributed by atoms with van der Waals surface area (Å²) in [5, 5.41) is 15.2. The van der Waals surface area contributed by atoms with Gasteiger partial charge in [-0.3, -0.25) is 0 Å². The standard InChI is InChI=1S/C11H14N4O5S3/c12-22(17,18)10-5-8-9(16)6-15(23(19,20)11(8)21-10)4-3-14-2-1-13-7-14/h1-2,5,7,9,16H,3-4,6H2,(H2,12,17,18). The van der Waals surface area contributed by atoms with Crippen LogP contribution in [0.5, 0.6) is 0 Å². The number of aliphatic hydroxyl groups is 1. The molecule has 2 aromatic heterocycles. The minimum atomic E-state index is -4.02. The summed E-state index contributed by atoms with van der Waals surface area (Å²) < 4.78 is 50.5. The summed E-state index contributed by atoms with van der Waals surface area (Å²) in [6.45, 7) is 0.372. The van der Waals surface area contributed by atoms with E-state index in [0.29, 0.717) is 17.9 Å². The Hall–Kier alpha value is -1.31. The highest BCUT2D eigenvalue weighted by molar-refractivity contribution is 7.94. The number of aliphatic hydroxyl groups excluding tert-OH is 1. The van der Waals surface area contributed by atoms with Gasteiger partial charge in [-0.15, -0.1) is 11.3 Å². The summed E-state index contributed by atoms with van der Waals surface area (Å²) >= 11 is 0.558. The third-order valence-corrected chi connectivity index (χ3v) is 8.42. The fraction of sp³-hybridized carbons (Fsp3) is 0.364. The summed E-state index contributed by atoms with van der Waals surface area (Å²) in [5.74, 6) is 0. The Bertz CT molecular complexity index is 917. The minimum absolute atomic E-state index is 0.0814. The zero-order valence-electron chi connectivity index (χ0n) is 11.7. The third kappa shape index (κ3) is 3.05. The van der Waals surface area contributed by atoms with Gasteiger partial charge in [0.2, 0.25) is 10.0 Å². The molecule has 1 aliphatic heterocycles. The van der Waals surface area contributed by atoms with Crippen molar-refractivity contribution >= 4 is 31.4 Å². The molecule has 12 heteroatoms. The predicted octanol–water partition coefficient (Wildman–Crippen LogP) is -0.670. The number of aromatic nitrogens is 2. The van der Waals surface area contributed by atoms with Crippen LogP contribution in [0.1, 0.15) is 11.7 Å². The number of nitrogens with zero attached hydrogens (tertiary/aromatic N) is 3. The average Bonchev–Trinajstić information content (AvgIpc) is 3.09. The molecule has 3 rings (SSSR count). The molecule has 1 atom stereocenters. The first-order valence-electron chi connectivity index (χ1n) is 6.50. The van der Waals surface area contributed by atoms with Crippen LogP contribution in [0.25, 0.3) is 0 Å². The summed E-state index contributed by atoms with van der Waals surface area (Å²) in [5.41, 5.74) is 0.0814. The second kappa shape index (κ2) is 5.65. The summed E-state index contributed by atoms with van der Waals surface area (Å²) in [7, 11) is -7.89. The summed E-state index contributed by atoms with van der Waals surface area (Å²) in [4.78, 5) is 3.87. The molecule has 0 spiro atoms. The molecule has 0 bridgehead atoms. The largest absolute Gasteiger partial charge is 0.387 e. The Labute approximate surface area is 137 Å². The first-order chi connectivity index (χ1) is 10.7. The Balaban J connectivity index is 1.94. The Morgan fingerprint density at radius 2 is 2.17 bits per heavy atom. The highest BCUT2D eigenvalue weighted by Gasteiger charge is 2.39. The van der Waals surface area contributed by atoms with E-state index in [1.54, 1.807) is 23.3 Å². The zero-order valence-corrected chi connectivity index (χ0v) is 14.2. The lowest BCUT2D eigenvalue weighted by Gasteiger charge is -2.29. The number of nitrogens with two attached hydrogens (primary N) is 1. The van der Waals surface area contributed by atoms with Crippen LogP contribution in [0.4, 0.5) is 0 Å². The normalized spacial score (nSPS) is 21.2. The lowest BCUT2D eigenvalue weighted by Crippen LogP contribution is -2.40. The van der Waals surface area contributed by atoms with Gasteiger partial charge in [-0.25, -0.2) is 27.0 Å². The van der Waals surface area contributed by atoms with Gasteiger partial charge < -0.3 is 9.67 Å². The minimum Gasteiger partial charge on any atom is -0.387 e. The molecule has 0 aromatic carbocycles. The van der Waals surface area contributed by atoms with E-state index in [4.69, 9.17) is 5.14 Å². The number of β-amino-alcohol motifs (C(OH)–C–C–N with tert-alkyl or cyclic N) is 1. The zero-order chi connectivity index (χ0) is 16.8. The number of hydrogen-bond donors (Lipinski definition) is 2. The molecule has 3 heterocycles. The van der Waals surface area contributed by atoms with Crippen LogP contribution >= 0.6 is 11.3 Å². The van der Waals surface area contributed by atoms with Gasteiger partial charge >= 0.3 is 0 Å². The number of fused-ring (bicyclic) bond motifs is 1. The number of sulfonamides is 2. The van der Waals surface area contributed by atoms with Gasteiger partial charge in [-0.05, 0) is 6.07 Å². The van der Waals surface area contributed by atoms with Gasteiger partial charge in [0.25, 0.3) is 10.0 Å². The number of hydrogen-bond acceptors (Lipinski definition) is 7. The molecule has 0 radical (unpaired) electrons. The fourth-order valence-corrected chi connectivity index (χ4v) is 6.54. The molecule has 0 saturated carbocycles. The highest BCUT2D eigenvalue weighted by Crippen LogP contribution is 2.39. The molecule has 126 valence electrons. The number of imidazole rings is 1. The molecular weight excluding hydrogens is 364 g/mol. The molecule has 1 aliphatic rings. The quantitative estimate of drug-likeness (QED) is 0.724. The Kier molecular flexibility index (Phi) is 4.06. The topological polar surface area (TPSA) is 136 Å². The smallest absolute Gasteiger partial charge is 0.253 e. The Morgan fingerprint density at radius 3 is 2.78 bits per heavy atom. The van der Waals surface area contributed by atoms with Crippen LogP contribution < -0.4 is 5.14 Å². The van der Waals surface area contributed by atoms with E-state index in [2.05, 4.69) is 4.98 Å². The molecule has 23 heavy (non-hydrogen) atoms. The molecule has 0 aliphatic carbocycles. The van der Waals surface area contributed by atoms with Gasteiger partial charge in [-0.1, -0.05) is 0 Å². The van der Waals surface area contributed by atoms with Gasteiger partial charge in [0.05, 0.1) is 12.4 Å². The van der Waals surface area contributed by atoms with Crippen LogP contribution in [-0.2, 0) is 26.6 Å². The van der Waals surface area contributed by atoms with Crippen LogP contribution in [0.2, 0.25) is 0 Å². The van der Waals surface area contributed by atoms with Crippen molar-refractivity contribution < 1.29 is 21.9 Å². The van der Waals surface area contributed by atoms with Crippen molar-refractivity contribution in [2.75, 3.05) is 13.1 Å². The number of primary sulfonamides is 1. The van der Waals surface area contributed by atoms with E-state index >= 15 is 0 Å². The van der Waals surface area contributed by atoms with E-state index < -0.39 is 26.2 Å². The molecule has 9 nitrogen and oxygen atoms in total. The van der Waals surface area contributed by atoms with E-state index in [1.807, 2.05) is 0 Å². The van der Waals surface area contributed by atoms with Crippen LogP contribution in [0.15, 0.2) is 33.2 Å².